The third kappa shape index (κ3) is 5.18. The van der Waals surface area contributed by atoms with E-state index >= 15 is 0 Å². The number of rotatable bonds is 5. The molecule has 0 saturated heterocycles. The van der Waals surface area contributed by atoms with Gasteiger partial charge in [-0.3, -0.25) is 4.79 Å². The molecule has 0 aromatic heterocycles. The smallest absolute Gasteiger partial charge is 0.416 e. The molecule has 1 aliphatic carbocycles. The molecule has 1 aromatic rings. The number of hydrogen-bond acceptors (Lipinski definition) is 4. The van der Waals surface area contributed by atoms with Crippen LogP contribution in [0.3, 0.4) is 0 Å². The minimum Gasteiger partial charge on any atom is -0.469 e. The monoisotopic (exact) mass is 379 g/mol. The van der Waals surface area contributed by atoms with Crippen LogP contribution in [-0.2, 0) is 25.7 Å². The average Bonchev–Trinajstić information content (AvgIpc) is 2.59. The van der Waals surface area contributed by atoms with Gasteiger partial charge in [-0.25, -0.2) is 13.1 Å². The standard InChI is InChI=1S/C16H20F3NO4S/c1-24-15(21)12-4-2-11(3-5-12)10-20-25(22,23)14-8-6-13(7-9-14)16(17,18)19/h6-9,11-12,20H,2-5,10H2,1H3/t11-,12-. The Bertz CT molecular complexity index is 693. The zero-order chi connectivity index (χ0) is 18.7. The molecule has 2 rings (SSSR count). The van der Waals surface area contributed by atoms with Gasteiger partial charge in [0.2, 0.25) is 10.0 Å². The number of hydrogen-bond donors (Lipinski definition) is 1. The summed E-state index contributed by atoms with van der Waals surface area (Å²) >= 11 is 0. The van der Waals surface area contributed by atoms with E-state index in [4.69, 9.17) is 4.74 Å². The number of halogens is 3. The van der Waals surface area contributed by atoms with Crippen molar-refractivity contribution in [1.82, 2.24) is 4.72 Å². The van der Waals surface area contributed by atoms with Crippen molar-refractivity contribution in [3.63, 3.8) is 0 Å². The maximum absolute atomic E-state index is 12.5. The Morgan fingerprint density at radius 3 is 2.20 bits per heavy atom. The molecule has 0 atom stereocenters. The molecule has 1 fully saturated rings. The van der Waals surface area contributed by atoms with Crippen LogP contribution in [0, 0.1) is 11.8 Å². The molecule has 1 aliphatic rings. The summed E-state index contributed by atoms with van der Waals surface area (Å²) in [6.45, 7) is 0.192. The Kier molecular flexibility index (Phi) is 6.10. The Labute approximate surface area is 144 Å². The molecule has 0 aliphatic heterocycles. The maximum atomic E-state index is 12.5. The second kappa shape index (κ2) is 7.74. The van der Waals surface area contributed by atoms with E-state index in [0.29, 0.717) is 25.7 Å². The van der Waals surface area contributed by atoms with Crippen LogP contribution in [0.25, 0.3) is 0 Å². The highest BCUT2D eigenvalue weighted by Crippen LogP contribution is 2.31. The zero-order valence-corrected chi connectivity index (χ0v) is 14.5. The first-order valence-electron chi connectivity index (χ1n) is 7.88. The lowest BCUT2D eigenvalue weighted by Crippen LogP contribution is -2.32. The molecule has 1 aromatic carbocycles. The Balaban J connectivity index is 1.91. The van der Waals surface area contributed by atoms with E-state index < -0.39 is 21.8 Å². The van der Waals surface area contributed by atoms with Gasteiger partial charge in [0.1, 0.15) is 0 Å². The number of methoxy groups -OCH3 is 1. The highest BCUT2D eigenvalue weighted by Gasteiger charge is 2.31. The van der Waals surface area contributed by atoms with Crippen molar-refractivity contribution in [2.24, 2.45) is 11.8 Å². The predicted octanol–water partition coefficient (Wildman–Crippen LogP) is 2.96. The van der Waals surface area contributed by atoms with Gasteiger partial charge in [-0.05, 0) is 55.9 Å². The first-order chi connectivity index (χ1) is 11.6. The van der Waals surface area contributed by atoms with Gasteiger partial charge < -0.3 is 4.74 Å². The molecule has 1 saturated carbocycles. The quantitative estimate of drug-likeness (QED) is 0.799. The van der Waals surface area contributed by atoms with Crippen LogP contribution in [0.2, 0.25) is 0 Å². The van der Waals surface area contributed by atoms with Crippen LogP contribution >= 0.6 is 0 Å². The topological polar surface area (TPSA) is 72.5 Å². The van der Waals surface area contributed by atoms with Crippen molar-refractivity contribution in [2.45, 2.75) is 36.8 Å². The fourth-order valence-electron chi connectivity index (χ4n) is 2.90. The number of carbonyl (C=O) groups excluding carboxylic acids is 1. The number of carbonyl (C=O) groups is 1. The summed E-state index contributed by atoms with van der Waals surface area (Å²) in [5, 5.41) is 0. The van der Waals surface area contributed by atoms with E-state index in [9.17, 15) is 26.4 Å². The average molecular weight is 379 g/mol. The van der Waals surface area contributed by atoms with Crippen molar-refractivity contribution >= 4 is 16.0 Å². The van der Waals surface area contributed by atoms with Crippen LogP contribution in [-0.4, -0.2) is 28.0 Å². The molecule has 0 unspecified atom stereocenters. The lowest BCUT2D eigenvalue weighted by Gasteiger charge is -2.26. The number of ether oxygens (including phenoxy) is 1. The Hall–Kier alpha value is -1.61. The summed E-state index contributed by atoms with van der Waals surface area (Å²) in [7, 11) is -2.53. The third-order valence-corrected chi connectivity index (χ3v) is 5.87. The second-order valence-corrected chi connectivity index (χ2v) is 7.88. The first kappa shape index (κ1) is 19.7. The molecule has 1 N–H and O–H groups in total. The number of esters is 1. The minimum atomic E-state index is -4.51. The highest BCUT2D eigenvalue weighted by atomic mass is 32.2. The molecule has 25 heavy (non-hydrogen) atoms. The summed E-state index contributed by atoms with van der Waals surface area (Å²) in [5.74, 6) is -0.304. The van der Waals surface area contributed by atoms with Crippen molar-refractivity contribution in [3.05, 3.63) is 29.8 Å². The van der Waals surface area contributed by atoms with Gasteiger partial charge >= 0.3 is 12.1 Å². The number of nitrogens with one attached hydrogen (secondary N) is 1. The first-order valence-corrected chi connectivity index (χ1v) is 9.36. The number of alkyl halides is 3. The molecule has 140 valence electrons. The van der Waals surface area contributed by atoms with Gasteiger partial charge in [0.25, 0.3) is 0 Å². The largest absolute Gasteiger partial charge is 0.469 e. The van der Waals surface area contributed by atoms with Gasteiger partial charge in [-0.1, -0.05) is 0 Å². The number of sulfonamides is 1. The molecule has 0 radical (unpaired) electrons. The van der Waals surface area contributed by atoms with Crippen LogP contribution in [0.1, 0.15) is 31.2 Å². The minimum absolute atomic E-state index is 0.0881. The fourth-order valence-corrected chi connectivity index (χ4v) is 4.02. The SMILES string of the molecule is COC(=O)[C@H]1CC[C@H](CNS(=O)(=O)c2ccc(C(F)(F)F)cc2)CC1. The molecular formula is C16H20F3NO4S. The lowest BCUT2D eigenvalue weighted by atomic mass is 9.82. The van der Waals surface area contributed by atoms with Crippen LogP contribution < -0.4 is 4.72 Å². The van der Waals surface area contributed by atoms with Crippen molar-refractivity contribution in [2.75, 3.05) is 13.7 Å². The van der Waals surface area contributed by atoms with Crippen molar-refractivity contribution < 1.29 is 31.1 Å². The van der Waals surface area contributed by atoms with Gasteiger partial charge in [-0.15, -0.1) is 0 Å². The van der Waals surface area contributed by atoms with E-state index in [1.54, 1.807) is 0 Å². The second-order valence-electron chi connectivity index (χ2n) is 6.11. The van der Waals surface area contributed by atoms with Crippen molar-refractivity contribution in [3.8, 4) is 0 Å². The Morgan fingerprint density at radius 1 is 1.16 bits per heavy atom. The predicted molar refractivity (Wildman–Crippen MR) is 84.1 cm³/mol. The van der Waals surface area contributed by atoms with Crippen LogP contribution in [0.4, 0.5) is 13.2 Å². The van der Waals surface area contributed by atoms with E-state index in [1.165, 1.54) is 7.11 Å². The summed E-state index contributed by atoms with van der Waals surface area (Å²) in [6.07, 6.45) is -1.85. The summed E-state index contributed by atoms with van der Waals surface area (Å²) in [6, 6.07) is 3.38. The molecule has 0 amide bonds. The van der Waals surface area contributed by atoms with E-state index in [2.05, 4.69) is 4.72 Å². The highest BCUT2D eigenvalue weighted by molar-refractivity contribution is 7.89. The Morgan fingerprint density at radius 2 is 1.72 bits per heavy atom. The normalized spacial score (nSPS) is 21.8. The molecule has 5 nitrogen and oxygen atoms in total. The molecule has 9 heteroatoms. The molecular weight excluding hydrogens is 359 g/mol. The van der Waals surface area contributed by atoms with Gasteiger partial charge in [0, 0.05) is 6.54 Å². The lowest BCUT2D eigenvalue weighted by molar-refractivity contribution is -0.146. The summed E-state index contributed by atoms with van der Waals surface area (Å²) < 4.78 is 69.1. The zero-order valence-electron chi connectivity index (χ0n) is 13.7. The number of benzene rings is 1. The maximum Gasteiger partial charge on any atom is 0.416 e. The summed E-state index contributed by atoms with van der Waals surface area (Å²) in [5.41, 5.74) is -0.896. The molecule has 0 bridgehead atoms. The van der Waals surface area contributed by atoms with E-state index in [0.717, 1.165) is 24.3 Å². The molecule has 0 spiro atoms. The fraction of sp³-hybridized carbons (Fsp3) is 0.562. The van der Waals surface area contributed by atoms with Gasteiger partial charge in [-0.2, -0.15) is 13.2 Å². The van der Waals surface area contributed by atoms with Crippen molar-refractivity contribution in [1.29, 1.82) is 0 Å². The van der Waals surface area contributed by atoms with Gasteiger partial charge in [0.05, 0.1) is 23.5 Å². The van der Waals surface area contributed by atoms with Crippen LogP contribution in [0.5, 0.6) is 0 Å². The van der Waals surface area contributed by atoms with E-state index in [-0.39, 0.29) is 29.2 Å². The molecule has 0 heterocycles. The van der Waals surface area contributed by atoms with Crippen LogP contribution in [0.15, 0.2) is 29.2 Å². The van der Waals surface area contributed by atoms with Gasteiger partial charge in [0.15, 0.2) is 0 Å². The summed E-state index contributed by atoms with van der Waals surface area (Å²) in [4.78, 5) is 11.3. The third-order valence-electron chi connectivity index (χ3n) is 4.44. The van der Waals surface area contributed by atoms with E-state index in [1.807, 2.05) is 0 Å².